The van der Waals surface area contributed by atoms with Crippen molar-refractivity contribution in [1.82, 2.24) is 19.3 Å². The quantitative estimate of drug-likeness (QED) is 0.723. The molecule has 0 saturated carbocycles. The van der Waals surface area contributed by atoms with Gasteiger partial charge in [-0.05, 0) is 19.1 Å². The summed E-state index contributed by atoms with van der Waals surface area (Å²) in [5, 5.41) is 7.82. The second kappa shape index (κ2) is 6.71. The molecule has 1 N–H and O–H groups in total. The molecule has 0 amide bonds. The predicted molar refractivity (Wildman–Crippen MR) is 92.5 cm³/mol. The van der Waals surface area contributed by atoms with Gasteiger partial charge in [0, 0.05) is 14.1 Å². The van der Waals surface area contributed by atoms with Gasteiger partial charge < -0.3 is 14.6 Å². The summed E-state index contributed by atoms with van der Waals surface area (Å²) >= 11 is 6.20. The number of nitrogens with one attached hydrogen (secondary N) is 1. The maximum atomic E-state index is 12.5. The molecule has 26 heavy (non-hydrogen) atoms. The average Bonchev–Trinajstić information content (AvgIpc) is 3.00. The van der Waals surface area contributed by atoms with E-state index in [2.05, 4.69) is 15.4 Å². The summed E-state index contributed by atoms with van der Waals surface area (Å²) in [6.45, 7) is 0.547. The van der Waals surface area contributed by atoms with Gasteiger partial charge in [0.25, 0.3) is 0 Å². The number of nitrogens with zero attached hydrogens (tertiary/aromatic N) is 4. The van der Waals surface area contributed by atoms with Gasteiger partial charge in [-0.15, -0.1) is 0 Å². The molecule has 0 saturated heterocycles. The van der Waals surface area contributed by atoms with Crippen LogP contribution in [0.15, 0.2) is 18.2 Å². The molecule has 1 aromatic carbocycles. The van der Waals surface area contributed by atoms with Gasteiger partial charge in [-0.2, -0.15) is 18.3 Å². The van der Waals surface area contributed by atoms with Gasteiger partial charge in [-0.3, -0.25) is 0 Å². The smallest absolute Gasteiger partial charge is 0.422 e. The van der Waals surface area contributed by atoms with E-state index in [1.807, 2.05) is 6.07 Å². The van der Waals surface area contributed by atoms with Crippen LogP contribution < -0.4 is 10.1 Å². The third-order valence-corrected chi connectivity index (χ3v) is 4.23. The molecular weight excluding hydrogens is 371 g/mol. The molecule has 10 heteroatoms. The van der Waals surface area contributed by atoms with Crippen molar-refractivity contribution < 1.29 is 17.9 Å². The number of alkyl halides is 3. The van der Waals surface area contributed by atoms with Crippen molar-refractivity contribution in [2.45, 2.75) is 19.6 Å². The standard InChI is InChI=1S/C16H17ClF3N5O/c1-9-10(14(25(3)23-9)26-8-16(18,19)20)7-21-15-22-12-6-4-5-11(17)13(12)24(15)2/h4-6H,7-8H2,1-3H3,(H,21,22). The molecule has 0 atom stereocenters. The highest BCUT2D eigenvalue weighted by Crippen LogP contribution is 2.28. The number of hydrogen-bond acceptors (Lipinski definition) is 4. The van der Waals surface area contributed by atoms with E-state index in [1.54, 1.807) is 30.7 Å². The van der Waals surface area contributed by atoms with Crippen LogP contribution in [-0.2, 0) is 20.6 Å². The van der Waals surface area contributed by atoms with Crippen molar-refractivity contribution in [1.29, 1.82) is 0 Å². The Morgan fingerprint density at radius 1 is 1.27 bits per heavy atom. The molecule has 0 fully saturated rings. The van der Waals surface area contributed by atoms with E-state index in [9.17, 15) is 13.2 Å². The first-order valence-electron chi connectivity index (χ1n) is 7.74. The van der Waals surface area contributed by atoms with Gasteiger partial charge >= 0.3 is 6.18 Å². The van der Waals surface area contributed by atoms with Crippen LogP contribution in [0.5, 0.6) is 5.88 Å². The van der Waals surface area contributed by atoms with E-state index in [0.29, 0.717) is 22.2 Å². The highest BCUT2D eigenvalue weighted by molar-refractivity contribution is 6.35. The summed E-state index contributed by atoms with van der Waals surface area (Å²) in [6, 6.07) is 5.40. The molecule has 0 unspecified atom stereocenters. The molecular formula is C16H17ClF3N5O. The Morgan fingerprint density at radius 3 is 2.65 bits per heavy atom. The third kappa shape index (κ3) is 3.57. The number of benzene rings is 1. The van der Waals surface area contributed by atoms with Crippen LogP contribution >= 0.6 is 11.6 Å². The number of para-hydroxylation sites is 1. The molecule has 3 rings (SSSR count). The van der Waals surface area contributed by atoms with Crippen molar-refractivity contribution in [3.63, 3.8) is 0 Å². The molecule has 140 valence electrons. The number of halogens is 4. The molecule has 0 radical (unpaired) electrons. The minimum absolute atomic E-state index is 0.0733. The van der Waals surface area contributed by atoms with Crippen LogP contribution in [0.2, 0.25) is 5.02 Å². The van der Waals surface area contributed by atoms with Gasteiger partial charge in [0.05, 0.1) is 33.9 Å². The van der Waals surface area contributed by atoms with Gasteiger partial charge in [0.2, 0.25) is 11.8 Å². The average molecular weight is 388 g/mol. The van der Waals surface area contributed by atoms with E-state index in [-0.39, 0.29) is 12.4 Å². The molecule has 0 spiro atoms. The minimum atomic E-state index is -4.42. The largest absolute Gasteiger partial charge is 0.468 e. The molecule has 2 aromatic heterocycles. The van der Waals surface area contributed by atoms with Crippen molar-refractivity contribution in [3.8, 4) is 5.88 Å². The first kappa shape index (κ1) is 18.4. The summed E-state index contributed by atoms with van der Waals surface area (Å²) < 4.78 is 45.4. The van der Waals surface area contributed by atoms with E-state index in [1.165, 1.54) is 11.7 Å². The van der Waals surface area contributed by atoms with Crippen LogP contribution in [0.1, 0.15) is 11.3 Å². The van der Waals surface area contributed by atoms with Crippen LogP contribution in [0.25, 0.3) is 11.0 Å². The molecule has 0 bridgehead atoms. The van der Waals surface area contributed by atoms with E-state index in [0.717, 1.165) is 11.0 Å². The fourth-order valence-corrected chi connectivity index (χ4v) is 3.06. The van der Waals surface area contributed by atoms with Crippen LogP contribution in [0.3, 0.4) is 0 Å². The van der Waals surface area contributed by atoms with Crippen LogP contribution in [0, 0.1) is 6.92 Å². The summed E-state index contributed by atoms with van der Waals surface area (Å²) in [5.41, 5.74) is 2.61. The zero-order valence-electron chi connectivity index (χ0n) is 14.4. The zero-order valence-corrected chi connectivity index (χ0v) is 15.1. The van der Waals surface area contributed by atoms with Gasteiger partial charge in [0.1, 0.15) is 0 Å². The van der Waals surface area contributed by atoms with Crippen molar-refractivity contribution in [3.05, 3.63) is 34.5 Å². The van der Waals surface area contributed by atoms with Crippen molar-refractivity contribution >= 4 is 28.6 Å². The summed E-state index contributed by atoms with van der Waals surface area (Å²) in [4.78, 5) is 4.46. The third-order valence-electron chi connectivity index (χ3n) is 3.93. The number of aromatic nitrogens is 4. The number of imidazole rings is 1. The first-order valence-corrected chi connectivity index (χ1v) is 8.12. The van der Waals surface area contributed by atoms with Crippen LogP contribution in [-0.4, -0.2) is 32.1 Å². The lowest BCUT2D eigenvalue weighted by Crippen LogP contribution is -2.21. The number of anilines is 1. The Bertz CT molecular complexity index is 948. The number of rotatable bonds is 5. The summed E-state index contributed by atoms with van der Waals surface area (Å²) in [5.74, 6) is 0.613. The maximum Gasteiger partial charge on any atom is 0.422 e. The maximum absolute atomic E-state index is 12.5. The summed E-state index contributed by atoms with van der Waals surface area (Å²) in [6.07, 6.45) is -4.42. The Balaban J connectivity index is 1.84. The number of fused-ring (bicyclic) bond motifs is 1. The topological polar surface area (TPSA) is 56.9 Å². The Hall–Kier alpha value is -2.42. The van der Waals surface area contributed by atoms with Crippen LogP contribution in [0.4, 0.5) is 19.1 Å². The number of ether oxygens (including phenoxy) is 1. The van der Waals surface area contributed by atoms with E-state index >= 15 is 0 Å². The highest BCUT2D eigenvalue weighted by Gasteiger charge is 2.30. The predicted octanol–water partition coefficient (Wildman–Crippen LogP) is 3.82. The normalized spacial score (nSPS) is 12.0. The molecule has 0 aliphatic carbocycles. The molecule has 2 heterocycles. The van der Waals surface area contributed by atoms with Crippen molar-refractivity contribution in [2.24, 2.45) is 14.1 Å². The van der Waals surface area contributed by atoms with Crippen molar-refractivity contribution in [2.75, 3.05) is 11.9 Å². The minimum Gasteiger partial charge on any atom is -0.468 e. The fourth-order valence-electron chi connectivity index (χ4n) is 2.76. The SMILES string of the molecule is Cc1nn(C)c(OCC(F)(F)F)c1CNc1nc2cccc(Cl)c2n1C. The lowest BCUT2D eigenvalue weighted by molar-refractivity contribution is -0.154. The van der Waals surface area contributed by atoms with Gasteiger partial charge in [0.15, 0.2) is 6.61 Å². The highest BCUT2D eigenvalue weighted by atomic mass is 35.5. The monoisotopic (exact) mass is 387 g/mol. The Kier molecular flexibility index (Phi) is 4.74. The second-order valence-electron chi connectivity index (χ2n) is 5.85. The summed E-state index contributed by atoms with van der Waals surface area (Å²) in [7, 11) is 3.34. The Labute approximate surface area is 152 Å². The van der Waals surface area contributed by atoms with Gasteiger partial charge in [-0.1, -0.05) is 17.7 Å². The second-order valence-corrected chi connectivity index (χ2v) is 6.26. The molecule has 0 aliphatic heterocycles. The zero-order chi connectivity index (χ0) is 19.1. The first-order chi connectivity index (χ1) is 12.2. The van der Waals surface area contributed by atoms with E-state index < -0.39 is 12.8 Å². The molecule has 3 aromatic rings. The lowest BCUT2D eigenvalue weighted by atomic mass is 10.2. The fraction of sp³-hybridized carbons (Fsp3) is 0.375. The Morgan fingerprint density at radius 2 is 2.00 bits per heavy atom. The number of aryl methyl sites for hydroxylation is 3. The molecule has 0 aliphatic rings. The van der Waals surface area contributed by atoms with E-state index in [4.69, 9.17) is 16.3 Å². The van der Waals surface area contributed by atoms with Gasteiger partial charge in [-0.25, -0.2) is 9.67 Å². The lowest BCUT2D eigenvalue weighted by Gasteiger charge is -2.12. The molecule has 6 nitrogen and oxygen atoms in total. The number of hydrogen-bond donors (Lipinski definition) is 1.